The third kappa shape index (κ3) is 5.88. The summed E-state index contributed by atoms with van der Waals surface area (Å²) in [6.07, 6.45) is 0.0902. The molecule has 1 heterocycles. The topological polar surface area (TPSA) is 58.2 Å². The summed E-state index contributed by atoms with van der Waals surface area (Å²) in [5.74, 6) is -1.16. The van der Waals surface area contributed by atoms with Gasteiger partial charge in [-0.25, -0.2) is 4.39 Å². The first-order valence-corrected chi connectivity index (χ1v) is 10.9. The third-order valence-corrected chi connectivity index (χ3v) is 5.84. The molecule has 0 fully saturated rings. The van der Waals surface area contributed by atoms with Gasteiger partial charge in [0.25, 0.3) is 5.91 Å². The van der Waals surface area contributed by atoms with E-state index < -0.39 is 11.7 Å². The van der Waals surface area contributed by atoms with Crippen LogP contribution in [0.5, 0.6) is 0 Å². The van der Waals surface area contributed by atoms with Crippen LogP contribution in [0.4, 0.5) is 4.39 Å². The second kappa shape index (κ2) is 10.0. The first-order chi connectivity index (χ1) is 13.9. The summed E-state index contributed by atoms with van der Waals surface area (Å²) in [6.45, 7) is 0.130. The molecule has 0 spiro atoms. The molecule has 3 aromatic rings. The van der Waals surface area contributed by atoms with Crippen LogP contribution < -0.4 is 10.6 Å². The van der Waals surface area contributed by atoms with Crippen molar-refractivity contribution >= 4 is 50.7 Å². The first kappa shape index (κ1) is 21.5. The quantitative estimate of drug-likeness (QED) is 0.465. The van der Waals surface area contributed by atoms with Crippen LogP contribution in [-0.4, -0.2) is 18.4 Å². The molecule has 150 valence electrons. The van der Waals surface area contributed by atoms with Gasteiger partial charge in [-0.3, -0.25) is 9.59 Å². The highest BCUT2D eigenvalue weighted by Crippen LogP contribution is 2.25. The van der Waals surface area contributed by atoms with E-state index in [1.165, 1.54) is 12.1 Å². The summed E-state index contributed by atoms with van der Waals surface area (Å²) in [5.41, 5.74) is 2.06. The lowest BCUT2D eigenvalue weighted by Crippen LogP contribution is -2.33. The zero-order valence-corrected chi connectivity index (χ0v) is 18.3. The van der Waals surface area contributed by atoms with Crippen LogP contribution >= 0.6 is 38.9 Å². The molecule has 2 amide bonds. The number of benzene rings is 2. The molecule has 8 heteroatoms. The fourth-order valence-electron chi connectivity index (χ4n) is 2.74. The van der Waals surface area contributed by atoms with Crippen LogP contribution in [0, 0.1) is 5.82 Å². The maximum atomic E-state index is 13.3. The lowest BCUT2D eigenvalue weighted by atomic mass is 10.0. The van der Waals surface area contributed by atoms with Gasteiger partial charge >= 0.3 is 0 Å². The molecule has 2 N–H and O–H groups in total. The van der Waals surface area contributed by atoms with E-state index in [4.69, 9.17) is 11.6 Å². The van der Waals surface area contributed by atoms with Gasteiger partial charge in [-0.2, -0.15) is 11.3 Å². The Morgan fingerprint density at radius 1 is 1.10 bits per heavy atom. The second-order valence-electron chi connectivity index (χ2n) is 6.24. The fraction of sp³-hybridized carbons (Fsp3) is 0.143. The van der Waals surface area contributed by atoms with E-state index in [2.05, 4.69) is 26.6 Å². The van der Waals surface area contributed by atoms with Gasteiger partial charge in [-0.05, 0) is 74.2 Å². The molecule has 0 aliphatic heterocycles. The van der Waals surface area contributed by atoms with Gasteiger partial charge in [-0.15, -0.1) is 0 Å². The van der Waals surface area contributed by atoms with Crippen molar-refractivity contribution in [1.29, 1.82) is 0 Å². The van der Waals surface area contributed by atoms with Crippen LogP contribution in [0.25, 0.3) is 0 Å². The Morgan fingerprint density at radius 3 is 2.55 bits per heavy atom. The molecule has 1 atom stereocenters. The van der Waals surface area contributed by atoms with Crippen molar-refractivity contribution in [3.63, 3.8) is 0 Å². The zero-order valence-electron chi connectivity index (χ0n) is 15.1. The Labute approximate surface area is 185 Å². The van der Waals surface area contributed by atoms with E-state index in [1.54, 1.807) is 23.5 Å². The van der Waals surface area contributed by atoms with Gasteiger partial charge < -0.3 is 10.6 Å². The minimum Gasteiger partial charge on any atom is -0.351 e. The molecular weight excluding hydrogens is 479 g/mol. The summed E-state index contributed by atoms with van der Waals surface area (Å²) in [5, 5.41) is 10.2. The predicted molar refractivity (Wildman–Crippen MR) is 117 cm³/mol. The van der Waals surface area contributed by atoms with Gasteiger partial charge in [-0.1, -0.05) is 23.7 Å². The highest BCUT2D eigenvalue weighted by Gasteiger charge is 2.18. The number of nitrogens with one attached hydrogen (secondary N) is 2. The van der Waals surface area contributed by atoms with E-state index in [0.717, 1.165) is 17.2 Å². The minimum atomic E-state index is -0.502. The van der Waals surface area contributed by atoms with Crippen LogP contribution in [0.1, 0.15) is 33.9 Å². The van der Waals surface area contributed by atoms with Crippen LogP contribution in [0.15, 0.2) is 63.8 Å². The van der Waals surface area contributed by atoms with Gasteiger partial charge in [0.15, 0.2) is 0 Å². The highest BCUT2D eigenvalue weighted by molar-refractivity contribution is 9.10. The molecular formula is C21H17BrClFN2O2S. The number of hydrogen-bond acceptors (Lipinski definition) is 3. The largest absolute Gasteiger partial charge is 0.351 e. The zero-order chi connectivity index (χ0) is 20.8. The van der Waals surface area contributed by atoms with Crippen LogP contribution in [0.3, 0.4) is 0 Å². The van der Waals surface area contributed by atoms with Crippen molar-refractivity contribution in [3.05, 3.63) is 91.3 Å². The summed E-state index contributed by atoms with van der Waals surface area (Å²) in [4.78, 5) is 24.7. The van der Waals surface area contributed by atoms with Crippen molar-refractivity contribution in [3.8, 4) is 0 Å². The average molecular weight is 496 g/mol. The third-order valence-electron chi connectivity index (χ3n) is 4.20. The molecule has 0 aliphatic rings. The molecule has 0 radical (unpaired) electrons. The van der Waals surface area contributed by atoms with Gasteiger partial charge in [0.2, 0.25) is 5.91 Å². The summed E-state index contributed by atoms with van der Waals surface area (Å²) in [7, 11) is 0. The number of amides is 2. The molecule has 2 aromatic carbocycles. The maximum absolute atomic E-state index is 13.3. The number of carbonyl (C=O) groups is 2. The normalized spacial score (nSPS) is 11.7. The van der Waals surface area contributed by atoms with Crippen molar-refractivity contribution in [2.75, 3.05) is 6.54 Å². The Kier molecular flexibility index (Phi) is 7.41. The minimum absolute atomic E-state index is 0.0902. The Hall–Kier alpha value is -2.22. The summed E-state index contributed by atoms with van der Waals surface area (Å²) >= 11 is 10.7. The Bertz CT molecular complexity index is 996. The predicted octanol–water partition coefficient (Wildman–Crippen LogP) is 5.33. The molecule has 29 heavy (non-hydrogen) atoms. The fourth-order valence-corrected chi connectivity index (χ4v) is 3.98. The summed E-state index contributed by atoms with van der Waals surface area (Å²) in [6, 6.07) is 12.8. The highest BCUT2D eigenvalue weighted by atomic mass is 79.9. The average Bonchev–Trinajstić information content (AvgIpc) is 3.23. The van der Waals surface area contributed by atoms with Crippen molar-refractivity contribution in [1.82, 2.24) is 10.6 Å². The number of halogens is 3. The van der Waals surface area contributed by atoms with Crippen molar-refractivity contribution in [2.24, 2.45) is 0 Å². The standard InChI is InChI=1S/C21H17BrClFN2O2S/c22-18-6-5-16(24)11-17(18)21(28)25-9-7-19(27)26-20(14-8-10-29-12-14)13-1-3-15(23)4-2-13/h1-6,8,10-12,20H,7,9H2,(H,25,28)(H,26,27). The molecule has 1 unspecified atom stereocenters. The number of carbonyl (C=O) groups excluding carboxylic acids is 2. The molecule has 0 saturated heterocycles. The molecule has 0 aliphatic carbocycles. The SMILES string of the molecule is O=C(CCNC(=O)c1cc(F)ccc1Br)NC(c1ccc(Cl)cc1)c1ccsc1. The Morgan fingerprint density at radius 2 is 1.86 bits per heavy atom. The van der Waals surface area contributed by atoms with Crippen LogP contribution in [-0.2, 0) is 4.79 Å². The monoisotopic (exact) mass is 494 g/mol. The molecule has 3 rings (SSSR count). The van der Waals surface area contributed by atoms with Gasteiger partial charge in [0.05, 0.1) is 11.6 Å². The summed E-state index contributed by atoms with van der Waals surface area (Å²) < 4.78 is 13.8. The Balaban J connectivity index is 1.60. The van der Waals surface area contributed by atoms with E-state index >= 15 is 0 Å². The van der Waals surface area contributed by atoms with Crippen molar-refractivity contribution in [2.45, 2.75) is 12.5 Å². The smallest absolute Gasteiger partial charge is 0.252 e. The first-order valence-electron chi connectivity index (χ1n) is 8.74. The van der Waals surface area contributed by atoms with Crippen LogP contribution in [0.2, 0.25) is 5.02 Å². The molecule has 4 nitrogen and oxygen atoms in total. The molecule has 0 bridgehead atoms. The number of rotatable bonds is 7. The lowest BCUT2D eigenvalue weighted by Gasteiger charge is -2.19. The van der Waals surface area contributed by atoms with Crippen molar-refractivity contribution < 1.29 is 14.0 Å². The number of thiophene rings is 1. The van der Waals surface area contributed by atoms with Gasteiger partial charge in [0, 0.05) is 22.5 Å². The van der Waals surface area contributed by atoms with E-state index in [-0.39, 0.29) is 30.5 Å². The second-order valence-corrected chi connectivity index (χ2v) is 8.31. The number of hydrogen-bond donors (Lipinski definition) is 2. The van der Waals surface area contributed by atoms with E-state index in [1.807, 2.05) is 29.0 Å². The lowest BCUT2D eigenvalue weighted by molar-refractivity contribution is -0.121. The molecule has 1 aromatic heterocycles. The van der Waals surface area contributed by atoms with Gasteiger partial charge in [0.1, 0.15) is 5.82 Å². The van der Waals surface area contributed by atoms with E-state index in [0.29, 0.717) is 9.50 Å². The maximum Gasteiger partial charge on any atom is 0.252 e. The molecule has 0 saturated carbocycles. The van der Waals surface area contributed by atoms with E-state index in [9.17, 15) is 14.0 Å².